The summed E-state index contributed by atoms with van der Waals surface area (Å²) < 4.78 is 18.6. The number of nitro benzene ring substituents is 1. The fraction of sp³-hybridized carbons (Fsp3) is 0.391. The van der Waals surface area contributed by atoms with Gasteiger partial charge in [-0.2, -0.15) is 0 Å². The van der Waals surface area contributed by atoms with Gasteiger partial charge in [0.05, 0.1) is 10.5 Å². The summed E-state index contributed by atoms with van der Waals surface area (Å²) in [5.74, 6) is -1.70. The molecule has 1 aliphatic rings. The van der Waals surface area contributed by atoms with Crippen molar-refractivity contribution in [3.05, 3.63) is 69.5 Å². The van der Waals surface area contributed by atoms with Crippen LogP contribution in [0.2, 0.25) is 0 Å². The average molecular weight is 443 g/mol. The van der Waals surface area contributed by atoms with E-state index in [1.165, 1.54) is 43.1 Å². The first-order chi connectivity index (χ1) is 15.3. The Kier molecular flexibility index (Phi) is 7.40. The highest BCUT2D eigenvalue weighted by Gasteiger charge is 2.26. The minimum Gasteiger partial charge on any atom is -0.449 e. The predicted molar refractivity (Wildman–Crippen MR) is 117 cm³/mol. The van der Waals surface area contributed by atoms with E-state index in [-0.39, 0.29) is 17.8 Å². The van der Waals surface area contributed by atoms with Crippen LogP contribution >= 0.6 is 0 Å². The number of carbonyl (C=O) groups is 2. The number of rotatable bonds is 7. The molecule has 32 heavy (non-hydrogen) atoms. The van der Waals surface area contributed by atoms with Crippen LogP contribution in [0, 0.1) is 15.9 Å². The second-order valence-corrected chi connectivity index (χ2v) is 7.88. The van der Waals surface area contributed by atoms with Crippen LogP contribution in [0.4, 0.5) is 15.8 Å². The molecule has 0 spiro atoms. The highest BCUT2D eigenvalue weighted by Crippen LogP contribution is 2.31. The van der Waals surface area contributed by atoms with Crippen molar-refractivity contribution in [2.75, 3.05) is 25.0 Å². The lowest BCUT2D eigenvalue weighted by Gasteiger charge is -2.28. The van der Waals surface area contributed by atoms with Crippen molar-refractivity contribution in [2.45, 2.75) is 38.8 Å². The van der Waals surface area contributed by atoms with E-state index in [9.17, 15) is 24.1 Å². The normalized spacial score (nSPS) is 14.5. The van der Waals surface area contributed by atoms with Gasteiger partial charge in [-0.3, -0.25) is 14.9 Å². The molecule has 0 bridgehead atoms. The molecular formula is C23H26FN3O5. The Hall–Kier alpha value is -3.49. The van der Waals surface area contributed by atoms with Gasteiger partial charge < -0.3 is 14.5 Å². The second-order valence-electron chi connectivity index (χ2n) is 7.88. The molecule has 1 atom stereocenters. The molecule has 2 aromatic rings. The molecule has 170 valence electrons. The summed E-state index contributed by atoms with van der Waals surface area (Å²) in [5.41, 5.74) is 0.918. The van der Waals surface area contributed by atoms with Crippen molar-refractivity contribution in [1.82, 2.24) is 4.90 Å². The smallest absolute Gasteiger partial charge is 0.339 e. The molecule has 0 radical (unpaired) electrons. The summed E-state index contributed by atoms with van der Waals surface area (Å²) in [6.07, 6.45) is 1.91. The molecule has 0 saturated carbocycles. The van der Waals surface area contributed by atoms with Crippen molar-refractivity contribution in [2.24, 2.45) is 0 Å². The van der Waals surface area contributed by atoms with Gasteiger partial charge >= 0.3 is 5.97 Å². The second kappa shape index (κ2) is 10.2. The number of nitro groups is 1. The van der Waals surface area contributed by atoms with Gasteiger partial charge in [0.2, 0.25) is 0 Å². The largest absolute Gasteiger partial charge is 0.449 e. The van der Waals surface area contributed by atoms with Crippen molar-refractivity contribution in [3.63, 3.8) is 0 Å². The Bertz CT molecular complexity index is 1010. The third-order valence-electron chi connectivity index (χ3n) is 5.42. The number of likely N-dealkylation sites (N-methyl/N-ethyl adjacent to an activating group) is 1. The zero-order valence-electron chi connectivity index (χ0n) is 18.1. The molecular weight excluding hydrogens is 417 g/mol. The Morgan fingerprint density at radius 2 is 1.91 bits per heavy atom. The summed E-state index contributed by atoms with van der Waals surface area (Å²) in [6.45, 7) is 3.04. The van der Waals surface area contributed by atoms with E-state index >= 15 is 0 Å². The van der Waals surface area contributed by atoms with Gasteiger partial charge in [-0.05, 0) is 56.0 Å². The number of ether oxygens (including phenoxy) is 1. The fourth-order valence-electron chi connectivity index (χ4n) is 3.78. The molecule has 0 N–H and O–H groups in total. The van der Waals surface area contributed by atoms with E-state index in [2.05, 4.69) is 0 Å². The maximum absolute atomic E-state index is 13.3. The molecule has 1 fully saturated rings. The van der Waals surface area contributed by atoms with Crippen LogP contribution in [0.5, 0.6) is 0 Å². The van der Waals surface area contributed by atoms with Crippen LogP contribution in [0.15, 0.2) is 42.5 Å². The monoisotopic (exact) mass is 443 g/mol. The maximum atomic E-state index is 13.3. The molecule has 1 saturated heterocycles. The molecule has 1 aliphatic heterocycles. The minimum atomic E-state index is -1.11. The van der Waals surface area contributed by atoms with Crippen molar-refractivity contribution in [1.29, 1.82) is 0 Å². The lowest BCUT2D eigenvalue weighted by atomic mass is 10.1. The highest BCUT2D eigenvalue weighted by molar-refractivity contribution is 5.93. The molecule has 1 heterocycles. The van der Waals surface area contributed by atoms with Crippen LogP contribution in [0.25, 0.3) is 0 Å². The van der Waals surface area contributed by atoms with E-state index in [1.807, 2.05) is 4.90 Å². The number of esters is 1. The number of halogens is 1. The van der Waals surface area contributed by atoms with Crippen LogP contribution in [-0.4, -0.2) is 47.9 Å². The first-order valence-corrected chi connectivity index (χ1v) is 10.5. The summed E-state index contributed by atoms with van der Waals surface area (Å²) in [5, 5.41) is 11.6. The van der Waals surface area contributed by atoms with Gasteiger partial charge in [0.25, 0.3) is 11.6 Å². The van der Waals surface area contributed by atoms with Crippen LogP contribution < -0.4 is 4.90 Å². The lowest BCUT2D eigenvalue weighted by molar-refractivity contribution is -0.384. The summed E-state index contributed by atoms with van der Waals surface area (Å²) in [7, 11) is 1.52. The van der Waals surface area contributed by atoms with Crippen LogP contribution in [-0.2, 0) is 16.1 Å². The quantitative estimate of drug-likeness (QED) is 0.366. The van der Waals surface area contributed by atoms with Gasteiger partial charge in [-0.1, -0.05) is 12.1 Å². The van der Waals surface area contributed by atoms with Gasteiger partial charge in [0.15, 0.2) is 6.10 Å². The number of benzene rings is 2. The molecule has 1 amide bonds. The highest BCUT2D eigenvalue weighted by atomic mass is 19.1. The van der Waals surface area contributed by atoms with Crippen LogP contribution in [0.3, 0.4) is 0 Å². The number of carbonyl (C=O) groups excluding carboxylic acids is 2. The van der Waals surface area contributed by atoms with Crippen molar-refractivity contribution >= 4 is 23.3 Å². The Morgan fingerprint density at radius 1 is 1.19 bits per heavy atom. The van der Waals surface area contributed by atoms with Crippen molar-refractivity contribution in [3.8, 4) is 0 Å². The van der Waals surface area contributed by atoms with E-state index < -0.39 is 28.7 Å². The summed E-state index contributed by atoms with van der Waals surface area (Å²) in [6, 6.07) is 10.1. The summed E-state index contributed by atoms with van der Waals surface area (Å²) in [4.78, 5) is 39.5. The molecule has 3 rings (SSSR count). The maximum Gasteiger partial charge on any atom is 0.339 e. The SMILES string of the molecule is C[C@H](OC(=O)c1ccc(N2CCCCC2)c([N+](=O)[O-])c1)C(=O)N(C)Cc1cccc(F)c1. The number of piperidine rings is 1. The van der Waals surface area contributed by atoms with E-state index in [4.69, 9.17) is 4.74 Å². The number of nitrogens with zero attached hydrogens (tertiary/aromatic N) is 3. The zero-order valence-corrected chi connectivity index (χ0v) is 18.1. The van der Waals surface area contributed by atoms with Gasteiger partial charge in [0.1, 0.15) is 11.5 Å². The molecule has 2 aromatic carbocycles. The molecule has 0 unspecified atom stereocenters. The average Bonchev–Trinajstić information content (AvgIpc) is 2.78. The Morgan fingerprint density at radius 3 is 2.56 bits per heavy atom. The Balaban J connectivity index is 1.68. The number of anilines is 1. The molecule has 0 aliphatic carbocycles. The van der Waals surface area contributed by atoms with Crippen LogP contribution in [0.1, 0.15) is 42.1 Å². The van der Waals surface area contributed by atoms with Gasteiger partial charge in [0, 0.05) is 32.7 Å². The standard InChI is InChI=1S/C23H26FN3O5/c1-16(22(28)25(2)15-17-7-6-8-19(24)13-17)32-23(29)18-9-10-20(21(14-18)27(30)31)26-11-4-3-5-12-26/h6-10,13-14,16H,3-5,11-12,15H2,1-2H3/t16-/m0/s1. The fourth-order valence-corrected chi connectivity index (χ4v) is 3.78. The third-order valence-corrected chi connectivity index (χ3v) is 5.42. The number of amides is 1. The first kappa shape index (κ1) is 23.2. The topological polar surface area (TPSA) is 93.0 Å². The van der Waals surface area contributed by atoms with E-state index in [0.717, 1.165) is 32.4 Å². The molecule has 9 heteroatoms. The zero-order chi connectivity index (χ0) is 23.3. The molecule has 8 nitrogen and oxygen atoms in total. The number of hydrogen-bond donors (Lipinski definition) is 0. The van der Waals surface area contributed by atoms with E-state index in [1.54, 1.807) is 18.2 Å². The van der Waals surface area contributed by atoms with E-state index in [0.29, 0.717) is 11.3 Å². The lowest BCUT2D eigenvalue weighted by Crippen LogP contribution is -2.37. The van der Waals surface area contributed by atoms with Crippen molar-refractivity contribution < 1.29 is 23.6 Å². The Labute approximate surface area is 185 Å². The summed E-state index contributed by atoms with van der Waals surface area (Å²) >= 11 is 0. The number of hydrogen-bond acceptors (Lipinski definition) is 6. The van der Waals surface area contributed by atoms with Gasteiger partial charge in [-0.25, -0.2) is 9.18 Å². The predicted octanol–water partition coefficient (Wildman–Crippen LogP) is 3.93. The third kappa shape index (κ3) is 5.60. The minimum absolute atomic E-state index is 0.00453. The first-order valence-electron chi connectivity index (χ1n) is 10.5. The molecule has 0 aromatic heterocycles. The van der Waals surface area contributed by atoms with Gasteiger partial charge in [-0.15, -0.1) is 0 Å².